The number of halogens is 1. The number of nitrogens with two attached hydrogens (primary N) is 1. The van der Waals surface area contributed by atoms with Crippen molar-refractivity contribution in [2.45, 2.75) is 19.4 Å². The molecule has 1 amide bonds. The highest BCUT2D eigenvalue weighted by Gasteiger charge is 2.15. The minimum Gasteiger partial charge on any atom is -0.382 e. The van der Waals surface area contributed by atoms with Gasteiger partial charge in [-0.05, 0) is 30.5 Å². The zero-order chi connectivity index (χ0) is 21.5. The van der Waals surface area contributed by atoms with E-state index in [-0.39, 0.29) is 17.1 Å². The number of hydrogen-bond donors (Lipinski definition) is 3. The summed E-state index contributed by atoms with van der Waals surface area (Å²) < 4.78 is 34.2. The Hall–Kier alpha value is -3.17. The number of nitrogens with zero attached hydrogens (tertiary/aromatic N) is 2. The van der Waals surface area contributed by atoms with Crippen molar-refractivity contribution in [3.8, 4) is 11.3 Å². The molecule has 0 spiro atoms. The molecule has 0 aliphatic carbocycles. The van der Waals surface area contributed by atoms with Gasteiger partial charge in [0.1, 0.15) is 17.3 Å². The number of rotatable bonds is 8. The standard InChI is InChI=1S/C21H21FN4O3S/c22-18-11-15(19-20(23)24-13-16(26-19)7-4-10-30(28)29)8-9-17(18)21(27)25-12-14-5-2-1-3-6-14/h1-3,5-6,8-9,11,13H,4,7,10,12H2,(H2,23,24)(H,25,27)(H,28,29). The fourth-order valence-corrected chi connectivity index (χ4v) is 3.26. The Labute approximate surface area is 175 Å². The van der Waals surface area contributed by atoms with E-state index < -0.39 is 22.8 Å². The molecular weight excluding hydrogens is 407 g/mol. The number of aryl methyl sites for hydroxylation is 1. The van der Waals surface area contributed by atoms with Gasteiger partial charge in [-0.15, -0.1) is 0 Å². The summed E-state index contributed by atoms with van der Waals surface area (Å²) >= 11 is -1.87. The van der Waals surface area contributed by atoms with Gasteiger partial charge in [0.25, 0.3) is 5.91 Å². The molecule has 0 fully saturated rings. The molecule has 0 saturated carbocycles. The molecule has 156 valence electrons. The van der Waals surface area contributed by atoms with Crippen LogP contribution in [0.3, 0.4) is 0 Å². The van der Waals surface area contributed by atoms with Crippen LogP contribution in [0.15, 0.2) is 54.7 Å². The van der Waals surface area contributed by atoms with Crippen LogP contribution in [-0.4, -0.2) is 30.4 Å². The smallest absolute Gasteiger partial charge is 0.254 e. The fourth-order valence-electron chi connectivity index (χ4n) is 2.86. The van der Waals surface area contributed by atoms with Gasteiger partial charge in [-0.3, -0.25) is 4.79 Å². The van der Waals surface area contributed by atoms with Gasteiger partial charge in [0.15, 0.2) is 11.1 Å². The van der Waals surface area contributed by atoms with Crippen molar-refractivity contribution in [1.82, 2.24) is 15.3 Å². The zero-order valence-corrected chi connectivity index (χ0v) is 16.9. The zero-order valence-electron chi connectivity index (χ0n) is 16.0. The molecule has 1 unspecified atom stereocenters. The van der Waals surface area contributed by atoms with Crippen LogP contribution in [0.4, 0.5) is 10.2 Å². The number of amides is 1. The first-order valence-electron chi connectivity index (χ1n) is 9.25. The van der Waals surface area contributed by atoms with Crippen molar-refractivity contribution in [1.29, 1.82) is 0 Å². The van der Waals surface area contributed by atoms with Crippen molar-refractivity contribution < 1.29 is 17.9 Å². The second kappa shape index (κ2) is 10.0. The van der Waals surface area contributed by atoms with Crippen LogP contribution in [0.2, 0.25) is 0 Å². The number of benzene rings is 2. The number of carbonyl (C=O) groups excluding carboxylic acids is 1. The molecule has 7 nitrogen and oxygen atoms in total. The molecule has 1 heterocycles. The lowest BCUT2D eigenvalue weighted by Gasteiger charge is -2.10. The second-order valence-corrected chi connectivity index (χ2v) is 7.64. The maximum Gasteiger partial charge on any atom is 0.254 e. The van der Waals surface area contributed by atoms with Crippen molar-refractivity contribution >= 4 is 22.8 Å². The molecule has 0 saturated heterocycles. The normalized spacial score (nSPS) is 11.8. The number of anilines is 1. The SMILES string of the molecule is Nc1ncc(CCCS(=O)O)nc1-c1ccc(C(=O)NCc2ccccc2)c(F)c1. The van der Waals surface area contributed by atoms with Gasteiger partial charge in [0, 0.05) is 17.9 Å². The largest absolute Gasteiger partial charge is 0.382 e. The van der Waals surface area contributed by atoms with E-state index in [2.05, 4.69) is 15.3 Å². The molecule has 3 aromatic rings. The summed E-state index contributed by atoms with van der Waals surface area (Å²) in [6.45, 7) is 0.292. The third kappa shape index (κ3) is 5.68. The minimum absolute atomic E-state index is 0.0807. The van der Waals surface area contributed by atoms with Gasteiger partial charge in [-0.2, -0.15) is 0 Å². The molecule has 4 N–H and O–H groups in total. The highest BCUT2D eigenvalue weighted by molar-refractivity contribution is 7.79. The van der Waals surface area contributed by atoms with E-state index in [1.165, 1.54) is 18.3 Å². The molecular formula is C21H21FN4O3S. The molecule has 3 rings (SSSR count). The number of nitrogens with one attached hydrogen (secondary N) is 1. The Morgan fingerprint density at radius 1 is 1.20 bits per heavy atom. The predicted molar refractivity (Wildman–Crippen MR) is 113 cm³/mol. The molecule has 30 heavy (non-hydrogen) atoms. The lowest BCUT2D eigenvalue weighted by Crippen LogP contribution is -2.23. The Kier molecular flexibility index (Phi) is 7.21. The average molecular weight is 428 g/mol. The maximum absolute atomic E-state index is 14.6. The summed E-state index contributed by atoms with van der Waals surface area (Å²) in [5.41, 5.74) is 7.99. The van der Waals surface area contributed by atoms with E-state index in [4.69, 9.17) is 10.3 Å². The van der Waals surface area contributed by atoms with Crippen molar-refractivity contribution in [2.75, 3.05) is 11.5 Å². The van der Waals surface area contributed by atoms with E-state index in [0.29, 0.717) is 36.3 Å². The van der Waals surface area contributed by atoms with E-state index >= 15 is 0 Å². The quantitative estimate of drug-likeness (QED) is 0.475. The van der Waals surface area contributed by atoms with Crippen LogP contribution in [-0.2, 0) is 24.0 Å². The number of nitrogen functional groups attached to an aromatic ring is 1. The van der Waals surface area contributed by atoms with Crippen LogP contribution in [0.1, 0.15) is 28.0 Å². The first-order valence-corrected chi connectivity index (χ1v) is 10.5. The van der Waals surface area contributed by atoms with Crippen LogP contribution in [0.25, 0.3) is 11.3 Å². The number of hydrogen-bond acceptors (Lipinski definition) is 5. The first-order chi connectivity index (χ1) is 14.4. The van der Waals surface area contributed by atoms with Crippen LogP contribution in [0.5, 0.6) is 0 Å². The van der Waals surface area contributed by atoms with Crippen molar-refractivity contribution in [3.63, 3.8) is 0 Å². The predicted octanol–water partition coefficient (Wildman–Crippen LogP) is 2.95. The summed E-state index contributed by atoms with van der Waals surface area (Å²) in [6, 6.07) is 13.5. The molecule has 1 atom stereocenters. The van der Waals surface area contributed by atoms with Gasteiger partial charge < -0.3 is 15.6 Å². The van der Waals surface area contributed by atoms with E-state index in [9.17, 15) is 13.4 Å². The van der Waals surface area contributed by atoms with Crippen molar-refractivity contribution in [2.24, 2.45) is 0 Å². The summed E-state index contributed by atoms with van der Waals surface area (Å²) in [5, 5.41) is 2.69. The highest BCUT2D eigenvalue weighted by atomic mass is 32.2. The van der Waals surface area contributed by atoms with Crippen LogP contribution in [0, 0.1) is 5.82 Å². The van der Waals surface area contributed by atoms with Gasteiger partial charge in [0.05, 0.1) is 17.5 Å². The van der Waals surface area contributed by atoms with E-state index in [1.54, 1.807) is 6.07 Å². The van der Waals surface area contributed by atoms with Crippen molar-refractivity contribution in [3.05, 3.63) is 77.4 Å². The molecule has 0 aliphatic heterocycles. The topological polar surface area (TPSA) is 118 Å². The fraction of sp³-hybridized carbons (Fsp3) is 0.190. The lowest BCUT2D eigenvalue weighted by atomic mass is 10.1. The maximum atomic E-state index is 14.6. The van der Waals surface area contributed by atoms with Gasteiger partial charge in [0.2, 0.25) is 0 Å². The Morgan fingerprint density at radius 2 is 1.97 bits per heavy atom. The van der Waals surface area contributed by atoms with Gasteiger partial charge in [-0.25, -0.2) is 18.6 Å². The van der Waals surface area contributed by atoms with Crippen LogP contribution >= 0.6 is 0 Å². The molecule has 1 aromatic heterocycles. The highest BCUT2D eigenvalue weighted by Crippen LogP contribution is 2.25. The molecule has 2 aromatic carbocycles. The monoisotopic (exact) mass is 428 g/mol. The first kappa shape index (κ1) is 21.5. The third-order valence-corrected chi connectivity index (χ3v) is 5.02. The van der Waals surface area contributed by atoms with Gasteiger partial charge >= 0.3 is 0 Å². The van der Waals surface area contributed by atoms with E-state index in [0.717, 1.165) is 5.56 Å². The summed E-state index contributed by atoms with van der Waals surface area (Å²) in [5.74, 6) is -0.957. The Balaban J connectivity index is 1.74. The minimum atomic E-state index is -1.87. The lowest BCUT2D eigenvalue weighted by molar-refractivity contribution is 0.0947. The molecule has 0 bridgehead atoms. The third-order valence-electron chi connectivity index (χ3n) is 4.39. The van der Waals surface area contributed by atoms with Crippen LogP contribution < -0.4 is 11.1 Å². The molecule has 0 aliphatic rings. The molecule has 9 heteroatoms. The van der Waals surface area contributed by atoms with E-state index in [1.807, 2.05) is 30.3 Å². The van der Waals surface area contributed by atoms with Gasteiger partial charge in [-0.1, -0.05) is 36.4 Å². The average Bonchev–Trinajstić information content (AvgIpc) is 2.73. The second-order valence-electron chi connectivity index (χ2n) is 6.59. The summed E-state index contributed by atoms with van der Waals surface area (Å²) in [4.78, 5) is 20.8. The summed E-state index contributed by atoms with van der Waals surface area (Å²) in [7, 11) is 0. The Bertz CT molecular complexity index is 1060. The number of carbonyl (C=O) groups is 1. The Morgan fingerprint density at radius 3 is 2.67 bits per heavy atom. The number of aromatic nitrogens is 2. The molecule has 0 radical (unpaired) electrons. The summed E-state index contributed by atoms with van der Waals surface area (Å²) in [6.07, 6.45) is 2.38.